The number of nitrogens with zero attached hydrogens (tertiary/aromatic N) is 7. The number of nitrogens with one attached hydrogen (secondary N) is 6. The van der Waals surface area contributed by atoms with E-state index in [0.717, 1.165) is 25.3 Å². The van der Waals surface area contributed by atoms with Crippen molar-refractivity contribution in [1.29, 1.82) is 0 Å². The van der Waals surface area contributed by atoms with Crippen LogP contribution in [0.15, 0.2) is 48.5 Å². The molecule has 6 N–H and O–H groups in total. The molecule has 57 heavy (non-hydrogen) atoms. The summed E-state index contributed by atoms with van der Waals surface area (Å²) >= 11 is 3.27. The van der Waals surface area contributed by atoms with Crippen LogP contribution in [-0.2, 0) is 6.18 Å². The third kappa shape index (κ3) is 13.7. The standard InChI is InChI=1S/C10H11N3OS.C9H9N3OS.C8H15N3O2.C6H7F3N4OS/c1-11-9(14)13(2)10-12-7-5-3-4-6-8(7)15-10;1-10-8(13)12-9-11-6-4-2-3-5-7(6)14-9;1-6(2)5-10-8(13)11-4-3-9-7(11)12;1-10-4(14)13(2)5-12-11-3(15-5)6(7,8)9/h3-6H,1-2H3,(H,11,14);2-5H,1H3,(H2,10,11,12,13);6H,3-5H2,1-2H3,(H,9,12)(H,10,13);1-2H3,(H,10,14). The van der Waals surface area contributed by atoms with Crippen LogP contribution in [0.2, 0.25) is 0 Å². The van der Waals surface area contributed by atoms with Crippen molar-refractivity contribution >= 4 is 100.0 Å². The Morgan fingerprint density at radius 1 is 0.825 bits per heavy atom. The highest BCUT2D eigenvalue weighted by Crippen LogP contribution is 2.34. The van der Waals surface area contributed by atoms with E-state index in [9.17, 15) is 37.1 Å². The van der Waals surface area contributed by atoms with Crippen molar-refractivity contribution in [3.05, 3.63) is 53.5 Å². The SMILES string of the molecule is CC(C)CNC(=O)N1CCNC1=O.CNC(=O)N(C)c1nc2ccccc2s1.CNC(=O)N(C)c1nnc(C(F)(F)F)s1.CNC(=O)Nc1nc2ccccc2s1. The van der Waals surface area contributed by atoms with Crippen molar-refractivity contribution in [2.24, 2.45) is 5.92 Å². The number of carbonyl (C=O) groups is 5. The van der Waals surface area contributed by atoms with E-state index in [2.05, 4.69) is 52.1 Å². The molecule has 1 aliphatic heterocycles. The number of benzene rings is 2. The first-order chi connectivity index (χ1) is 27.0. The Morgan fingerprint density at radius 3 is 1.86 bits per heavy atom. The van der Waals surface area contributed by atoms with Gasteiger partial charge in [0.25, 0.3) is 0 Å². The second kappa shape index (κ2) is 21.4. The predicted molar refractivity (Wildman–Crippen MR) is 216 cm³/mol. The van der Waals surface area contributed by atoms with Gasteiger partial charge in [-0.3, -0.25) is 15.1 Å². The number of anilines is 3. The molecule has 18 nitrogen and oxygen atoms in total. The van der Waals surface area contributed by atoms with Crippen LogP contribution < -0.4 is 41.7 Å². The molecule has 10 amide bonds. The summed E-state index contributed by atoms with van der Waals surface area (Å²) in [6, 6.07) is 14.0. The number of thiazole rings is 2. The number of fused-ring (bicyclic) bond motifs is 2. The zero-order chi connectivity index (χ0) is 42.3. The number of rotatable bonds is 5. The number of aromatic nitrogens is 4. The molecule has 0 spiro atoms. The minimum Gasteiger partial charge on any atom is -0.341 e. The van der Waals surface area contributed by atoms with Gasteiger partial charge in [0.2, 0.25) is 10.1 Å². The van der Waals surface area contributed by atoms with E-state index in [1.54, 1.807) is 21.1 Å². The van der Waals surface area contributed by atoms with Crippen molar-refractivity contribution in [1.82, 2.24) is 51.6 Å². The van der Waals surface area contributed by atoms with Crippen LogP contribution in [0, 0.1) is 5.92 Å². The van der Waals surface area contributed by atoms with Gasteiger partial charge in [-0.1, -0.05) is 72.1 Å². The average Bonchev–Trinajstić information content (AvgIpc) is 4.02. The molecular weight excluding hydrogens is 812 g/mol. The van der Waals surface area contributed by atoms with Crippen molar-refractivity contribution in [3.8, 4) is 0 Å². The molecule has 6 rings (SSSR count). The molecule has 1 saturated heterocycles. The van der Waals surface area contributed by atoms with Crippen LogP contribution in [0.5, 0.6) is 0 Å². The highest BCUT2D eigenvalue weighted by atomic mass is 32.1. The lowest BCUT2D eigenvalue weighted by atomic mass is 10.2. The normalized spacial score (nSPS) is 11.8. The van der Waals surface area contributed by atoms with E-state index in [1.165, 1.54) is 46.6 Å². The number of carbonyl (C=O) groups excluding carboxylic acids is 5. The first kappa shape index (κ1) is 45.5. The Hall–Kier alpha value is -5.88. The van der Waals surface area contributed by atoms with Gasteiger partial charge in [0.1, 0.15) is 0 Å². The van der Waals surface area contributed by atoms with Crippen LogP contribution in [-0.4, -0.2) is 110 Å². The second-order valence-corrected chi connectivity index (χ2v) is 14.7. The average molecular weight is 854 g/mol. The van der Waals surface area contributed by atoms with E-state index in [4.69, 9.17) is 0 Å². The molecule has 0 bridgehead atoms. The molecule has 1 fully saturated rings. The largest absolute Gasteiger partial charge is 0.445 e. The summed E-state index contributed by atoms with van der Waals surface area (Å²) in [6.07, 6.45) is -4.53. The number of hydrogen-bond donors (Lipinski definition) is 6. The van der Waals surface area contributed by atoms with E-state index < -0.39 is 17.2 Å². The minimum absolute atomic E-state index is 0.110. The lowest BCUT2D eigenvalue weighted by molar-refractivity contribution is -0.138. The molecular formula is C33H42F3N13O5S3. The number of halogens is 3. The zero-order valence-electron chi connectivity index (χ0n) is 31.8. The maximum atomic E-state index is 12.1. The molecule has 0 radical (unpaired) electrons. The number of hydrogen-bond acceptors (Lipinski definition) is 12. The smallest absolute Gasteiger partial charge is 0.341 e. The van der Waals surface area contributed by atoms with Gasteiger partial charge in [-0.2, -0.15) is 13.2 Å². The minimum atomic E-state index is -4.53. The Bertz CT molecular complexity index is 2060. The third-order valence-electron chi connectivity index (χ3n) is 7.06. The molecule has 0 saturated carbocycles. The number of imide groups is 1. The third-order valence-corrected chi connectivity index (χ3v) is 10.2. The Kier molecular flexibility index (Phi) is 17.1. The second-order valence-electron chi connectivity index (χ2n) is 11.7. The number of urea groups is 5. The molecule has 5 aromatic rings. The summed E-state index contributed by atoms with van der Waals surface area (Å²) in [4.78, 5) is 68.0. The van der Waals surface area contributed by atoms with Gasteiger partial charge >= 0.3 is 36.3 Å². The summed E-state index contributed by atoms with van der Waals surface area (Å²) in [7, 11) is 7.55. The van der Waals surface area contributed by atoms with Gasteiger partial charge in [-0.15, -0.1) is 10.2 Å². The quantitative estimate of drug-likeness (QED) is 0.125. The van der Waals surface area contributed by atoms with Gasteiger partial charge in [0.05, 0.1) is 20.4 Å². The van der Waals surface area contributed by atoms with Crippen molar-refractivity contribution in [2.75, 3.05) is 70.0 Å². The first-order valence-corrected chi connectivity index (χ1v) is 19.3. The topological polar surface area (TPSA) is 219 Å². The summed E-state index contributed by atoms with van der Waals surface area (Å²) in [6.45, 7) is 5.62. The Morgan fingerprint density at radius 2 is 1.39 bits per heavy atom. The van der Waals surface area contributed by atoms with E-state index in [1.807, 2.05) is 62.4 Å². The van der Waals surface area contributed by atoms with Crippen LogP contribution >= 0.6 is 34.0 Å². The molecule has 1 aliphatic rings. The van der Waals surface area contributed by atoms with Gasteiger partial charge in [0, 0.05) is 54.9 Å². The van der Waals surface area contributed by atoms with Crippen molar-refractivity contribution < 1.29 is 37.1 Å². The lowest BCUT2D eigenvalue weighted by Crippen LogP contribution is -2.43. The molecule has 0 atom stereocenters. The molecule has 4 heterocycles. The lowest BCUT2D eigenvalue weighted by Gasteiger charge is -2.14. The zero-order valence-corrected chi connectivity index (χ0v) is 34.3. The van der Waals surface area contributed by atoms with Gasteiger partial charge in [-0.05, 0) is 30.2 Å². The predicted octanol–water partition coefficient (Wildman–Crippen LogP) is 5.83. The molecule has 308 valence electrons. The van der Waals surface area contributed by atoms with Gasteiger partial charge in [0.15, 0.2) is 10.3 Å². The molecule has 2 aromatic carbocycles. The van der Waals surface area contributed by atoms with Gasteiger partial charge < -0.3 is 26.6 Å². The van der Waals surface area contributed by atoms with E-state index >= 15 is 0 Å². The summed E-state index contributed by atoms with van der Waals surface area (Å²) in [5.74, 6) is 0.398. The summed E-state index contributed by atoms with van der Waals surface area (Å²) in [5, 5.41) is 21.5. The maximum Gasteiger partial charge on any atom is 0.445 e. The highest BCUT2D eigenvalue weighted by Gasteiger charge is 2.36. The maximum absolute atomic E-state index is 12.1. The fourth-order valence-corrected chi connectivity index (χ4v) is 6.57. The van der Waals surface area contributed by atoms with Crippen LogP contribution in [0.4, 0.5) is 52.5 Å². The van der Waals surface area contributed by atoms with Crippen molar-refractivity contribution in [3.63, 3.8) is 0 Å². The number of amides is 10. The van der Waals surface area contributed by atoms with Crippen molar-refractivity contribution in [2.45, 2.75) is 20.0 Å². The molecule has 0 unspecified atom stereocenters. The molecule has 24 heteroatoms. The Labute approximate surface area is 337 Å². The van der Waals surface area contributed by atoms with E-state index in [-0.39, 0.29) is 29.3 Å². The highest BCUT2D eigenvalue weighted by molar-refractivity contribution is 7.22. The van der Waals surface area contributed by atoms with E-state index in [0.29, 0.717) is 47.2 Å². The van der Waals surface area contributed by atoms with Gasteiger partial charge in [-0.25, -0.2) is 38.8 Å². The number of alkyl halides is 3. The first-order valence-electron chi connectivity index (χ1n) is 16.8. The fourth-order valence-electron chi connectivity index (χ4n) is 4.12. The summed E-state index contributed by atoms with van der Waals surface area (Å²) in [5.41, 5.74) is 1.83. The fraction of sp³-hybridized carbons (Fsp3) is 0.364. The Balaban J connectivity index is 0.000000204. The summed E-state index contributed by atoms with van der Waals surface area (Å²) < 4.78 is 38.6. The van der Waals surface area contributed by atoms with Crippen LogP contribution in [0.25, 0.3) is 20.4 Å². The monoisotopic (exact) mass is 853 g/mol. The molecule has 3 aromatic heterocycles. The number of para-hydroxylation sites is 2. The van der Waals surface area contributed by atoms with Crippen LogP contribution in [0.1, 0.15) is 18.9 Å². The van der Waals surface area contributed by atoms with Crippen LogP contribution in [0.3, 0.4) is 0 Å². The molecule has 0 aliphatic carbocycles.